The molecule has 0 amide bonds. The van der Waals surface area contributed by atoms with E-state index in [1.54, 1.807) is 11.7 Å². The van der Waals surface area contributed by atoms with Crippen LogP contribution in [-0.2, 0) is 20.1 Å². The summed E-state index contributed by atoms with van der Waals surface area (Å²) in [4.78, 5) is 21.8. The molecular weight excluding hydrogens is 322 g/mol. The molecule has 0 bridgehead atoms. The fourth-order valence-corrected chi connectivity index (χ4v) is 2.94. The van der Waals surface area contributed by atoms with Gasteiger partial charge in [-0.05, 0) is 24.2 Å². The second-order valence-electron chi connectivity index (χ2n) is 6.01. The lowest BCUT2D eigenvalue weighted by atomic mass is 10.2. The van der Waals surface area contributed by atoms with Crippen LogP contribution in [0.5, 0.6) is 11.5 Å². The maximum absolute atomic E-state index is 12.2. The summed E-state index contributed by atoms with van der Waals surface area (Å²) in [5.74, 6) is 2.18. The number of hydrogen-bond acceptors (Lipinski definition) is 6. The van der Waals surface area contributed by atoms with E-state index in [1.165, 1.54) is 6.20 Å². The van der Waals surface area contributed by atoms with Gasteiger partial charge in [0.05, 0.1) is 12.7 Å². The first-order valence-corrected chi connectivity index (χ1v) is 8.16. The predicted molar refractivity (Wildman–Crippen MR) is 91.5 cm³/mol. The quantitative estimate of drug-likeness (QED) is 0.755. The number of nitrogens with one attached hydrogen (secondary N) is 1. The van der Waals surface area contributed by atoms with Gasteiger partial charge in [0, 0.05) is 13.6 Å². The van der Waals surface area contributed by atoms with E-state index in [-0.39, 0.29) is 12.4 Å². The summed E-state index contributed by atoms with van der Waals surface area (Å²) in [6.45, 7) is 4.43. The molecule has 3 heterocycles. The molecule has 0 aliphatic carbocycles. The summed E-state index contributed by atoms with van der Waals surface area (Å²) in [6.07, 6.45) is 1.54. The molecule has 0 saturated heterocycles. The lowest BCUT2D eigenvalue weighted by Crippen LogP contribution is -2.25. The Hall–Kier alpha value is -2.87. The molecule has 0 saturated carbocycles. The van der Waals surface area contributed by atoms with Gasteiger partial charge in [-0.2, -0.15) is 5.10 Å². The standard InChI is InChI=1S/C17H19N5O3/c1-3-22(8-11-4-5-13-14(6-11)25-10-24-13)9-15-19-16-12(17(23)20-15)7-18-21(16)2/h4-7H,3,8-10H2,1-2H3,(H,19,20,23). The van der Waals surface area contributed by atoms with Crippen molar-refractivity contribution in [2.75, 3.05) is 13.3 Å². The van der Waals surface area contributed by atoms with Gasteiger partial charge in [-0.15, -0.1) is 0 Å². The van der Waals surface area contributed by atoms with Crippen LogP contribution >= 0.6 is 0 Å². The van der Waals surface area contributed by atoms with Crippen LogP contribution in [0.3, 0.4) is 0 Å². The third kappa shape index (κ3) is 2.96. The smallest absolute Gasteiger partial charge is 0.262 e. The van der Waals surface area contributed by atoms with Gasteiger partial charge >= 0.3 is 0 Å². The van der Waals surface area contributed by atoms with Gasteiger partial charge in [-0.1, -0.05) is 13.0 Å². The average molecular weight is 341 g/mol. The summed E-state index contributed by atoms with van der Waals surface area (Å²) in [5.41, 5.74) is 1.56. The van der Waals surface area contributed by atoms with Gasteiger partial charge in [0.25, 0.3) is 5.56 Å². The molecule has 1 aliphatic rings. The Morgan fingerprint density at radius 3 is 2.96 bits per heavy atom. The molecule has 0 radical (unpaired) electrons. The van der Waals surface area contributed by atoms with E-state index < -0.39 is 0 Å². The zero-order valence-electron chi connectivity index (χ0n) is 14.2. The lowest BCUT2D eigenvalue weighted by Gasteiger charge is -2.20. The molecule has 1 aliphatic heterocycles. The SMILES string of the molecule is CCN(Cc1ccc2c(c1)OCO2)Cc1nc2c(cnn2C)c(=O)[nH]1. The summed E-state index contributed by atoms with van der Waals surface area (Å²) >= 11 is 0. The van der Waals surface area contributed by atoms with E-state index >= 15 is 0 Å². The molecule has 0 spiro atoms. The van der Waals surface area contributed by atoms with E-state index in [2.05, 4.69) is 26.9 Å². The molecule has 1 N–H and O–H groups in total. The number of H-pyrrole nitrogens is 1. The van der Waals surface area contributed by atoms with Gasteiger partial charge in [-0.25, -0.2) is 4.98 Å². The molecule has 0 fully saturated rings. The average Bonchev–Trinajstić information content (AvgIpc) is 3.21. The Morgan fingerprint density at radius 2 is 2.12 bits per heavy atom. The van der Waals surface area contributed by atoms with Crippen molar-refractivity contribution in [1.29, 1.82) is 0 Å². The van der Waals surface area contributed by atoms with Crippen LogP contribution in [0.1, 0.15) is 18.3 Å². The van der Waals surface area contributed by atoms with E-state index in [0.717, 1.165) is 30.2 Å². The fraction of sp³-hybridized carbons (Fsp3) is 0.353. The highest BCUT2D eigenvalue weighted by atomic mass is 16.7. The van der Waals surface area contributed by atoms with Gasteiger partial charge in [0.2, 0.25) is 6.79 Å². The van der Waals surface area contributed by atoms with Crippen LogP contribution in [0.25, 0.3) is 11.0 Å². The second-order valence-corrected chi connectivity index (χ2v) is 6.01. The van der Waals surface area contributed by atoms with Crippen molar-refractivity contribution in [2.45, 2.75) is 20.0 Å². The van der Waals surface area contributed by atoms with E-state index in [1.807, 2.05) is 18.2 Å². The first-order valence-electron chi connectivity index (χ1n) is 8.16. The monoisotopic (exact) mass is 341 g/mol. The van der Waals surface area contributed by atoms with Crippen LogP contribution in [0.15, 0.2) is 29.2 Å². The van der Waals surface area contributed by atoms with Crippen molar-refractivity contribution in [2.24, 2.45) is 7.05 Å². The predicted octanol–water partition coefficient (Wildman–Crippen LogP) is 1.41. The summed E-state index contributed by atoms with van der Waals surface area (Å²) in [5, 5.41) is 4.60. The molecular formula is C17H19N5O3. The minimum Gasteiger partial charge on any atom is -0.454 e. The zero-order valence-corrected chi connectivity index (χ0v) is 14.2. The summed E-state index contributed by atoms with van der Waals surface area (Å²) < 4.78 is 12.4. The van der Waals surface area contributed by atoms with Crippen molar-refractivity contribution < 1.29 is 9.47 Å². The van der Waals surface area contributed by atoms with Crippen molar-refractivity contribution in [3.05, 3.63) is 46.1 Å². The Balaban J connectivity index is 1.56. The normalized spacial score (nSPS) is 13.1. The Bertz CT molecular complexity index is 978. The second kappa shape index (κ2) is 6.21. The van der Waals surface area contributed by atoms with Crippen LogP contribution in [0.4, 0.5) is 0 Å². The zero-order chi connectivity index (χ0) is 17.4. The molecule has 0 atom stereocenters. The molecule has 8 nitrogen and oxygen atoms in total. The van der Waals surface area contributed by atoms with Crippen LogP contribution < -0.4 is 15.0 Å². The van der Waals surface area contributed by atoms with Crippen LogP contribution in [0.2, 0.25) is 0 Å². The topological polar surface area (TPSA) is 85.3 Å². The summed E-state index contributed by atoms with van der Waals surface area (Å²) in [6, 6.07) is 5.94. The van der Waals surface area contributed by atoms with Gasteiger partial charge < -0.3 is 14.5 Å². The van der Waals surface area contributed by atoms with Gasteiger partial charge in [-0.3, -0.25) is 14.4 Å². The third-order valence-corrected chi connectivity index (χ3v) is 4.31. The van der Waals surface area contributed by atoms with E-state index in [9.17, 15) is 4.79 Å². The molecule has 25 heavy (non-hydrogen) atoms. The van der Waals surface area contributed by atoms with E-state index in [0.29, 0.717) is 23.4 Å². The number of aromatic nitrogens is 4. The van der Waals surface area contributed by atoms with Crippen molar-refractivity contribution in [1.82, 2.24) is 24.6 Å². The molecule has 4 rings (SSSR count). The lowest BCUT2D eigenvalue weighted by molar-refractivity contribution is 0.174. The number of aryl methyl sites for hydroxylation is 1. The van der Waals surface area contributed by atoms with Crippen LogP contribution in [-0.4, -0.2) is 38.0 Å². The number of ether oxygens (including phenoxy) is 2. The number of benzene rings is 1. The van der Waals surface area contributed by atoms with E-state index in [4.69, 9.17) is 9.47 Å². The van der Waals surface area contributed by atoms with Gasteiger partial charge in [0.15, 0.2) is 17.1 Å². The molecule has 8 heteroatoms. The first-order chi connectivity index (χ1) is 12.1. The molecule has 130 valence electrons. The number of nitrogens with zero attached hydrogens (tertiary/aromatic N) is 4. The van der Waals surface area contributed by atoms with Crippen LogP contribution in [0, 0.1) is 0 Å². The van der Waals surface area contributed by atoms with Crippen molar-refractivity contribution in [3.63, 3.8) is 0 Å². The fourth-order valence-electron chi connectivity index (χ4n) is 2.94. The number of hydrogen-bond donors (Lipinski definition) is 1. The highest BCUT2D eigenvalue weighted by molar-refractivity contribution is 5.72. The number of aromatic amines is 1. The first kappa shape index (κ1) is 15.6. The molecule has 0 unspecified atom stereocenters. The minimum atomic E-state index is -0.160. The van der Waals surface area contributed by atoms with Crippen molar-refractivity contribution in [3.8, 4) is 11.5 Å². The highest BCUT2D eigenvalue weighted by Gasteiger charge is 2.15. The molecule has 3 aromatic rings. The molecule has 2 aromatic heterocycles. The Morgan fingerprint density at radius 1 is 1.28 bits per heavy atom. The molecule has 1 aromatic carbocycles. The van der Waals surface area contributed by atoms with Crippen molar-refractivity contribution >= 4 is 11.0 Å². The maximum atomic E-state index is 12.2. The third-order valence-electron chi connectivity index (χ3n) is 4.31. The largest absolute Gasteiger partial charge is 0.454 e. The Kier molecular flexibility index (Phi) is 3.89. The summed E-state index contributed by atoms with van der Waals surface area (Å²) in [7, 11) is 1.78. The van der Waals surface area contributed by atoms with Gasteiger partial charge in [0.1, 0.15) is 11.2 Å². The maximum Gasteiger partial charge on any atom is 0.262 e. The number of fused-ring (bicyclic) bond motifs is 2. The number of rotatable bonds is 5. The highest BCUT2D eigenvalue weighted by Crippen LogP contribution is 2.32. The Labute approximate surface area is 144 Å². The minimum absolute atomic E-state index is 0.160.